The Balaban J connectivity index is 2.65. The highest BCUT2D eigenvalue weighted by atomic mass is 16.6. The van der Waals surface area contributed by atoms with Crippen LogP contribution < -0.4 is 5.32 Å². The van der Waals surface area contributed by atoms with Crippen LogP contribution in [0.4, 0.5) is 0 Å². The first-order valence-corrected chi connectivity index (χ1v) is 7.62. The van der Waals surface area contributed by atoms with Crippen molar-refractivity contribution in [1.29, 1.82) is 0 Å². The van der Waals surface area contributed by atoms with Crippen LogP contribution in [0.25, 0.3) is 0 Å². The van der Waals surface area contributed by atoms with Gasteiger partial charge in [0.2, 0.25) is 5.91 Å². The number of ketones is 1. The van der Waals surface area contributed by atoms with E-state index in [4.69, 9.17) is 9.47 Å². The van der Waals surface area contributed by atoms with E-state index in [0.717, 1.165) is 0 Å². The summed E-state index contributed by atoms with van der Waals surface area (Å²) in [7, 11) is 0. The number of amides is 1. The molecule has 0 aromatic carbocycles. The molecular formula is C16H21NO6. The largest absolute Gasteiger partial charge is 0.465 e. The van der Waals surface area contributed by atoms with Crippen molar-refractivity contribution in [2.75, 3.05) is 13.2 Å². The number of ether oxygens (including phenoxy) is 2. The van der Waals surface area contributed by atoms with E-state index in [9.17, 15) is 19.2 Å². The van der Waals surface area contributed by atoms with Gasteiger partial charge in [0.25, 0.3) is 0 Å². The van der Waals surface area contributed by atoms with Gasteiger partial charge in [-0.05, 0) is 27.7 Å². The molecule has 7 heteroatoms. The molecule has 0 unspecified atom stereocenters. The van der Waals surface area contributed by atoms with Gasteiger partial charge in [-0.3, -0.25) is 19.2 Å². The van der Waals surface area contributed by atoms with Crippen LogP contribution >= 0.6 is 0 Å². The van der Waals surface area contributed by atoms with Gasteiger partial charge in [-0.15, -0.1) is 0 Å². The van der Waals surface area contributed by atoms with Crippen LogP contribution in [0.5, 0.6) is 0 Å². The molecule has 2 aliphatic rings. The summed E-state index contributed by atoms with van der Waals surface area (Å²) >= 11 is 0. The fourth-order valence-electron chi connectivity index (χ4n) is 3.39. The van der Waals surface area contributed by atoms with E-state index in [2.05, 4.69) is 5.32 Å². The van der Waals surface area contributed by atoms with Crippen molar-refractivity contribution in [2.45, 2.75) is 34.1 Å². The van der Waals surface area contributed by atoms with Crippen molar-refractivity contribution >= 4 is 23.6 Å². The third kappa shape index (κ3) is 2.26. The molecule has 1 heterocycles. The highest BCUT2D eigenvalue weighted by Gasteiger charge is 2.71. The van der Waals surface area contributed by atoms with Crippen LogP contribution in [-0.2, 0) is 28.7 Å². The minimum atomic E-state index is -1.81. The molecule has 1 aliphatic heterocycles. The number of hydrogen-bond acceptors (Lipinski definition) is 6. The number of hydrogen-bond donors (Lipinski definition) is 1. The molecule has 0 bridgehead atoms. The monoisotopic (exact) mass is 323 g/mol. The zero-order chi connectivity index (χ0) is 17.4. The molecule has 2 atom stereocenters. The Morgan fingerprint density at radius 1 is 1.22 bits per heavy atom. The number of carbonyl (C=O) groups is 4. The Kier molecular flexibility index (Phi) is 4.32. The lowest BCUT2D eigenvalue weighted by Crippen LogP contribution is -2.53. The Labute approximate surface area is 134 Å². The van der Waals surface area contributed by atoms with Gasteiger partial charge in [0, 0.05) is 18.0 Å². The third-order valence-electron chi connectivity index (χ3n) is 4.65. The summed E-state index contributed by atoms with van der Waals surface area (Å²) in [4.78, 5) is 50.2. The van der Waals surface area contributed by atoms with Crippen LogP contribution in [0.3, 0.4) is 0 Å². The summed E-state index contributed by atoms with van der Waals surface area (Å²) < 4.78 is 10.1. The minimum absolute atomic E-state index is 0.0620. The zero-order valence-electron chi connectivity index (χ0n) is 13.7. The molecule has 1 amide bonds. The van der Waals surface area contributed by atoms with Gasteiger partial charge in [0.15, 0.2) is 11.2 Å². The number of fused-ring (bicyclic) bond motifs is 1. The lowest BCUT2D eigenvalue weighted by Gasteiger charge is -2.37. The van der Waals surface area contributed by atoms with Crippen LogP contribution in [0.2, 0.25) is 0 Å². The van der Waals surface area contributed by atoms with Gasteiger partial charge < -0.3 is 14.8 Å². The maximum absolute atomic E-state index is 12.6. The van der Waals surface area contributed by atoms with Crippen molar-refractivity contribution in [3.05, 3.63) is 11.8 Å². The van der Waals surface area contributed by atoms with Gasteiger partial charge >= 0.3 is 11.9 Å². The second-order valence-electron chi connectivity index (χ2n) is 6.00. The molecule has 23 heavy (non-hydrogen) atoms. The van der Waals surface area contributed by atoms with E-state index in [1.807, 2.05) is 0 Å². The second-order valence-corrected chi connectivity index (χ2v) is 6.00. The highest BCUT2D eigenvalue weighted by Crippen LogP contribution is 2.55. The normalized spacial score (nSPS) is 28.5. The molecule has 0 saturated heterocycles. The van der Waals surface area contributed by atoms with Crippen molar-refractivity contribution in [3.63, 3.8) is 0 Å². The zero-order valence-corrected chi connectivity index (χ0v) is 13.7. The van der Waals surface area contributed by atoms with E-state index < -0.39 is 46.8 Å². The van der Waals surface area contributed by atoms with Crippen LogP contribution in [-0.4, -0.2) is 36.8 Å². The first-order chi connectivity index (χ1) is 10.7. The van der Waals surface area contributed by atoms with Crippen LogP contribution in [0.1, 0.15) is 34.1 Å². The number of esters is 2. The average Bonchev–Trinajstić information content (AvgIpc) is 2.71. The van der Waals surface area contributed by atoms with Gasteiger partial charge in [-0.2, -0.15) is 0 Å². The molecular weight excluding hydrogens is 302 g/mol. The highest BCUT2D eigenvalue weighted by molar-refractivity contribution is 6.17. The first kappa shape index (κ1) is 17.2. The second kappa shape index (κ2) is 5.79. The van der Waals surface area contributed by atoms with E-state index in [1.54, 1.807) is 26.8 Å². The van der Waals surface area contributed by atoms with E-state index in [0.29, 0.717) is 5.70 Å². The quantitative estimate of drug-likeness (QED) is 0.605. The van der Waals surface area contributed by atoms with Crippen molar-refractivity contribution < 1.29 is 28.7 Å². The molecule has 126 valence electrons. The Hall–Kier alpha value is -2.18. The number of allylic oxidation sites excluding steroid dienone is 2. The summed E-state index contributed by atoms with van der Waals surface area (Å²) in [6.07, 6.45) is 1.18. The standard InChI is InChI=1S/C16H21NO6/c1-5-22-13(20)16(14(21)23-6-2)8-11(18)15(4)10(16)7-9(3)17-12(15)19/h7,10H,5-6,8H2,1-4H3,(H,17,19)/t10-,15-/m1/s1. The summed E-state index contributed by atoms with van der Waals surface area (Å²) in [5.41, 5.74) is -2.80. The molecule has 1 aliphatic carbocycles. The lowest BCUT2D eigenvalue weighted by molar-refractivity contribution is -0.175. The Morgan fingerprint density at radius 2 is 1.74 bits per heavy atom. The topological polar surface area (TPSA) is 98.8 Å². The predicted octanol–water partition coefficient (Wildman–Crippen LogP) is 0.728. The van der Waals surface area contributed by atoms with E-state index in [-0.39, 0.29) is 13.2 Å². The minimum Gasteiger partial charge on any atom is -0.465 e. The number of rotatable bonds is 4. The molecule has 1 N–H and O–H groups in total. The van der Waals surface area contributed by atoms with Crippen molar-refractivity contribution in [3.8, 4) is 0 Å². The average molecular weight is 323 g/mol. The van der Waals surface area contributed by atoms with Gasteiger partial charge in [-0.25, -0.2) is 0 Å². The number of nitrogens with one attached hydrogen (secondary N) is 1. The summed E-state index contributed by atoms with van der Waals surface area (Å²) in [5.74, 6) is -3.54. The fourth-order valence-corrected chi connectivity index (χ4v) is 3.39. The van der Waals surface area contributed by atoms with E-state index in [1.165, 1.54) is 6.92 Å². The maximum Gasteiger partial charge on any atom is 0.324 e. The number of carbonyl (C=O) groups excluding carboxylic acids is 4. The summed E-state index contributed by atoms with van der Waals surface area (Å²) in [6.45, 7) is 6.45. The van der Waals surface area contributed by atoms with Crippen LogP contribution in [0.15, 0.2) is 11.8 Å². The van der Waals surface area contributed by atoms with E-state index >= 15 is 0 Å². The lowest BCUT2D eigenvalue weighted by atomic mass is 9.67. The SMILES string of the molecule is CCOC(=O)C1(C(=O)OCC)CC(=O)[C@]2(C)C(=O)NC(C)=C[C@@H]12. The molecule has 0 aromatic heterocycles. The molecule has 7 nitrogen and oxygen atoms in total. The molecule has 0 spiro atoms. The first-order valence-electron chi connectivity index (χ1n) is 7.62. The Bertz CT molecular complexity index is 590. The Morgan fingerprint density at radius 3 is 2.22 bits per heavy atom. The summed E-state index contributed by atoms with van der Waals surface area (Å²) in [5, 5.41) is 2.60. The summed E-state index contributed by atoms with van der Waals surface area (Å²) in [6, 6.07) is 0. The van der Waals surface area contributed by atoms with Gasteiger partial charge in [0.1, 0.15) is 5.41 Å². The van der Waals surface area contributed by atoms with Crippen molar-refractivity contribution in [2.24, 2.45) is 16.7 Å². The van der Waals surface area contributed by atoms with Crippen molar-refractivity contribution in [1.82, 2.24) is 5.32 Å². The molecule has 0 radical (unpaired) electrons. The molecule has 1 fully saturated rings. The van der Waals surface area contributed by atoms with Crippen LogP contribution in [0, 0.1) is 16.7 Å². The van der Waals surface area contributed by atoms with Gasteiger partial charge in [0.05, 0.1) is 13.2 Å². The smallest absolute Gasteiger partial charge is 0.324 e. The predicted molar refractivity (Wildman–Crippen MR) is 78.8 cm³/mol. The number of Topliss-reactive ketones (excluding diaryl/α,β-unsaturated/α-hetero) is 1. The molecule has 2 rings (SSSR count). The van der Waals surface area contributed by atoms with Gasteiger partial charge in [-0.1, -0.05) is 6.08 Å². The molecule has 0 aromatic rings. The fraction of sp³-hybridized carbons (Fsp3) is 0.625. The molecule has 1 saturated carbocycles. The third-order valence-corrected chi connectivity index (χ3v) is 4.65. The maximum atomic E-state index is 12.6.